The quantitative estimate of drug-likeness (QED) is 0.427. The van der Waals surface area contributed by atoms with Gasteiger partial charge >= 0.3 is 5.97 Å². The lowest BCUT2D eigenvalue weighted by atomic mass is 9.81. The van der Waals surface area contributed by atoms with Crippen molar-refractivity contribution in [2.45, 2.75) is 96.7 Å². The van der Waals surface area contributed by atoms with Crippen LogP contribution >= 0.6 is 0 Å². The highest BCUT2D eigenvalue weighted by Gasteiger charge is 2.40. The zero-order valence-electron chi connectivity index (χ0n) is 21.5. The molecule has 3 amide bonds. The molecule has 3 rings (SSSR count). The second-order valence-electron chi connectivity index (χ2n) is 11.1. The average Bonchev–Trinajstić information content (AvgIpc) is 2.86. The molecule has 36 heavy (non-hydrogen) atoms. The first kappa shape index (κ1) is 27.5. The third-order valence-electron chi connectivity index (χ3n) is 7.31. The number of carboxylic acids is 1. The molecule has 198 valence electrons. The summed E-state index contributed by atoms with van der Waals surface area (Å²) in [7, 11) is 0. The zero-order valence-corrected chi connectivity index (χ0v) is 21.5. The number of rotatable bonds is 8. The van der Waals surface area contributed by atoms with Gasteiger partial charge in [0.15, 0.2) is 0 Å². The first-order chi connectivity index (χ1) is 17.1. The largest absolute Gasteiger partial charge is 0.481 e. The lowest BCUT2D eigenvalue weighted by Crippen LogP contribution is -2.61. The standard InChI is InChI=1S/C26H39N5O5/c1-26(2,3)21(24(34)29-18-12-8-7-11-17(18)25(35)36)31-23(33)20(16-9-5-4-6-10-16)30-22(32)19-15-27-13-14-28-19/h13-18,20-21H,4-12H2,1-3H3,(H,29,34)(H,30,32)(H,31,33)(H,35,36)/t17-,18+,20?,21?/m1/s1. The maximum atomic E-state index is 13.6. The summed E-state index contributed by atoms with van der Waals surface area (Å²) >= 11 is 0. The summed E-state index contributed by atoms with van der Waals surface area (Å²) in [6.45, 7) is 5.54. The van der Waals surface area contributed by atoms with E-state index in [1.165, 1.54) is 18.6 Å². The Hall–Kier alpha value is -3.04. The Morgan fingerprint density at radius 1 is 0.917 bits per heavy atom. The summed E-state index contributed by atoms with van der Waals surface area (Å²) in [5, 5.41) is 18.2. The van der Waals surface area contributed by atoms with Crippen molar-refractivity contribution in [1.82, 2.24) is 25.9 Å². The number of carbonyl (C=O) groups is 4. The van der Waals surface area contributed by atoms with E-state index in [0.717, 1.165) is 44.9 Å². The average molecular weight is 502 g/mol. The fourth-order valence-corrected chi connectivity index (χ4v) is 5.27. The normalized spacial score (nSPS) is 22.6. The van der Waals surface area contributed by atoms with E-state index >= 15 is 0 Å². The highest BCUT2D eigenvalue weighted by molar-refractivity contribution is 5.97. The molecule has 0 spiro atoms. The van der Waals surface area contributed by atoms with Gasteiger partial charge in [-0.1, -0.05) is 52.9 Å². The molecule has 2 unspecified atom stereocenters. The summed E-state index contributed by atoms with van der Waals surface area (Å²) < 4.78 is 0. The van der Waals surface area contributed by atoms with Crippen molar-refractivity contribution < 1.29 is 24.3 Å². The number of hydrogen-bond donors (Lipinski definition) is 4. The monoisotopic (exact) mass is 501 g/mol. The van der Waals surface area contributed by atoms with Crippen LogP contribution in [0.15, 0.2) is 18.6 Å². The molecule has 0 radical (unpaired) electrons. The first-order valence-electron chi connectivity index (χ1n) is 13.0. The van der Waals surface area contributed by atoms with Crippen LogP contribution in [0, 0.1) is 17.3 Å². The Labute approximate surface area is 212 Å². The van der Waals surface area contributed by atoms with E-state index < -0.39 is 53.1 Å². The second kappa shape index (κ2) is 12.3. The van der Waals surface area contributed by atoms with Crippen molar-refractivity contribution in [2.24, 2.45) is 17.3 Å². The fraction of sp³-hybridized carbons (Fsp3) is 0.692. The van der Waals surface area contributed by atoms with Gasteiger partial charge in [0.2, 0.25) is 11.8 Å². The minimum Gasteiger partial charge on any atom is -0.481 e. The van der Waals surface area contributed by atoms with Gasteiger partial charge in [0.1, 0.15) is 17.8 Å². The Balaban J connectivity index is 1.77. The van der Waals surface area contributed by atoms with Crippen LogP contribution in [-0.4, -0.2) is 56.9 Å². The Kier molecular flexibility index (Phi) is 9.39. The van der Waals surface area contributed by atoms with E-state index in [0.29, 0.717) is 12.8 Å². The lowest BCUT2D eigenvalue weighted by Gasteiger charge is -2.36. The van der Waals surface area contributed by atoms with Gasteiger partial charge in [-0.05, 0) is 37.0 Å². The van der Waals surface area contributed by atoms with Crippen LogP contribution in [-0.2, 0) is 14.4 Å². The maximum Gasteiger partial charge on any atom is 0.308 e. The summed E-state index contributed by atoms with van der Waals surface area (Å²) in [5.41, 5.74) is -0.521. The van der Waals surface area contributed by atoms with Crippen molar-refractivity contribution in [1.29, 1.82) is 0 Å². The summed E-state index contributed by atoms with van der Waals surface area (Å²) in [4.78, 5) is 59.5. The molecule has 0 aliphatic heterocycles. The van der Waals surface area contributed by atoms with Gasteiger partial charge < -0.3 is 21.1 Å². The Morgan fingerprint density at radius 2 is 1.58 bits per heavy atom. The van der Waals surface area contributed by atoms with E-state index in [2.05, 4.69) is 25.9 Å². The number of nitrogens with zero attached hydrogens (tertiary/aromatic N) is 2. The number of hydrogen-bond acceptors (Lipinski definition) is 6. The van der Waals surface area contributed by atoms with Crippen LogP contribution in [0.3, 0.4) is 0 Å². The Bertz CT molecular complexity index is 926. The molecule has 0 aromatic carbocycles. The van der Waals surface area contributed by atoms with Crippen LogP contribution in [0.25, 0.3) is 0 Å². The van der Waals surface area contributed by atoms with Gasteiger partial charge in [0.05, 0.1) is 12.1 Å². The van der Waals surface area contributed by atoms with Crippen molar-refractivity contribution in [2.75, 3.05) is 0 Å². The summed E-state index contributed by atoms with van der Waals surface area (Å²) in [6, 6.07) is -2.20. The smallest absolute Gasteiger partial charge is 0.308 e. The first-order valence-corrected chi connectivity index (χ1v) is 13.0. The number of aromatic nitrogens is 2. The number of nitrogens with one attached hydrogen (secondary N) is 3. The van der Waals surface area contributed by atoms with Gasteiger partial charge in [0, 0.05) is 18.4 Å². The third kappa shape index (κ3) is 7.24. The predicted molar refractivity (Wildman–Crippen MR) is 133 cm³/mol. The number of amides is 3. The molecule has 2 saturated carbocycles. The molecule has 0 bridgehead atoms. The molecule has 1 heterocycles. The fourth-order valence-electron chi connectivity index (χ4n) is 5.27. The van der Waals surface area contributed by atoms with Crippen LogP contribution in [0.4, 0.5) is 0 Å². The molecular weight excluding hydrogens is 462 g/mol. The molecule has 10 heteroatoms. The van der Waals surface area contributed by atoms with Crippen LogP contribution < -0.4 is 16.0 Å². The molecule has 10 nitrogen and oxygen atoms in total. The molecule has 2 aliphatic rings. The minimum absolute atomic E-state index is 0.0576. The highest BCUT2D eigenvalue weighted by Crippen LogP contribution is 2.29. The summed E-state index contributed by atoms with van der Waals surface area (Å²) in [6.07, 6.45) is 11.6. The second-order valence-corrected chi connectivity index (χ2v) is 11.1. The third-order valence-corrected chi connectivity index (χ3v) is 7.31. The number of aliphatic carboxylic acids is 1. The minimum atomic E-state index is -0.916. The van der Waals surface area contributed by atoms with Gasteiger partial charge in [-0.2, -0.15) is 0 Å². The molecule has 4 atom stereocenters. The number of carbonyl (C=O) groups excluding carboxylic acids is 3. The van der Waals surface area contributed by atoms with Crippen molar-refractivity contribution in [3.63, 3.8) is 0 Å². The maximum absolute atomic E-state index is 13.6. The molecule has 1 aromatic rings. The van der Waals surface area contributed by atoms with E-state index in [9.17, 15) is 24.3 Å². The Morgan fingerprint density at radius 3 is 2.19 bits per heavy atom. The van der Waals surface area contributed by atoms with Gasteiger partial charge in [-0.25, -0.2) is 4.98 Å². The molecule has 1 aromatic heterocycles. The molecule has 2 fully saturated rings. The van der Waals surface area contributed by atoms with E-state index in [1.807, 2.05) is 20.8 Å². The van der Waals surface area contributed by atoms with Gasteiger partial charge in [0.25, 0.3) is 5.91 Å². The molecule has 4 N–H and O–H groups in total. The lowest BCUT2D eigenvalue weighted by molar-refractivity contribution is -0.144. The van der Waals surface area contributed by atoms with Crippen molar-refractivity contribution in [3.8, 4) is 0 Å². The van der Waals surface area contributed by atoms with Crippen LogP contribution in [0.1, 0.15) is 89.0 Å². The van der Waals surface area contributed by atoms with Crippen LogP contribution in [0.2, 0.25) is 0 Å². The van der Waals surface area contributed by atoms with E-state index in [1.54, 1.807) is 0 Å². The van der Waals surface area contributed by atoms with Gasteiger partial charge in [-0.3, -0.25) is 24.2 Å². The van der Waals surface area contributed by atoms with Gasteiger partial charge in [-0.15, -0.1) is 0 Å². The predicted octanol–water partition coefficient (Wildman–Crippen LogP) is 2.45. The summed E-state index contributed by atoms with van der Waals surface area (Å²) in [5.74, 6) is -2.93. The van der Waals surface area contributed by atoms with Crippen molar-refractivity contribution >= 4 is 23.7 Å². The molecular formula is C26H39N5O5. The van der Waals surface area contributed by atoms with Crippen LogP contribution in [0.5, 0.6) is 0 Å². The highest BCUT2D eigenvalue weighted by atomic mass is 16.4. The molecule has 2 aliphatic carbocycles. The van der Waals surface area contributed by atoms with Crippen molar-refractivity contribution in [3.05, 3.63) is 24.3 Å². The SMILES string of the molecule is CC(C)(C)C(NC(=O)C(NC(=O)c1cnccn1)C1CCCCC1)C(=O)N[C@H]1CCCC[C@H]1C(=O)O. The topological polar surface area (TPSA) is 150 Å². The molecule has 0 saturated heterocycles. The number of carboxylic acid groups (broad SMARTS) is 1. The van der Waals surface area contributed by atoms with E-state index in [-0.39, 0.29) is 11.6 Å². The zero-order chi connectivity index (χ0) is 26.3. The van der Waals surface area contributed by atoms with E-state index in [4.69, 9.17) is 0 Å².